The molecular weight excluding hydrogens is 509 g/mol. The fourth-order valence-corrected chi connectivity index (χ4v) is 4.57. The molecule has 3 aromatic rings. The Labute approximate surface area is 215 Å². The molecule has 1 amide bonds. The number of aryl methyl sites for hydroxylation is 2. The number of amides is 1. The maximum absolute atomic E-state index is 13.6. The van der Waals surface area contributed by atoms with Crippen LogP contribution in [-0.4, -0.2) is 23.6 Å². The van der Waals surface area contributed by atoms with E-state index >= 15 is 0 Å². The standard InChI is InChI=1S/C28H24F5NO4/c1-14-7-20(38-6-5-16-9-18(29)12-19(30)10-16)8-15(2)25(14)26(35)34-24-11-17(21-13-22(21)27(36)37)3-4-23(24)28(31,32)33/h3-4,7-12,21-22H,5-6,13H2,1-2H3,(H,34,35)(H,36,37)/t21-,22-/m1/s1. The van der Waals surface area contributed by atoms with Crippen molar-refractivity contribution in [2.75, 3.05) is 11.9 Å². The largest absolute Gasteiger partial charge is 0.493 e. The zero-order valence-electron chi connectivity index (χ0n) is 20.5. The number of benzene rings is 3. The summed E-state index contributed by atoms with van der Waals surface area (Å²) in [6, 6.07) is 9.56. The van der Waals surface area contributed by atoms with Gasteiger partial charge in [-0.25, -0.2) is 8.78 Å². The molecule has 4 rings (SSSR count). The number of alkyl halides is 3. The lowest BCUT2D eigenvalue weighted by molar-refractivity contribution is -0.139. The van der Waals surface area contributed by atoms with Crippen LogP contribution in [0.5, 0.6) is 5.75 Å². The third-order valence-corrected chi connectivity index (χ3v) is 6.45. The molecule has 1 saturated carbocycles. The normalized spacial score (nSPS) is 16.7. The fourth-order valence-electron chi connectivity index (χ4n) is 4.57. The van der Waals surface area contributed by atoms with E-state index in [-0.39, 0.29) is 18.6 Å². The third kappa shape index (κ3) is 6.12. The zero-order chi connectivity index (χ0) is 27.8. The number of ether oxygens (including phenoxy) is 1. The van der Waals surface area contributed by atoms with Gasteiger partial charge in [0.1, 0.15) is 17.4 Å². The molecule has 10 heteroatoms. The highest BCUT2D eigenvalue weighted by Crippen LogP contribution is 2.49. The average Bonchev–Trinajstić information content (AvgIpc) is 3.58. The Morgan fingerprint density at radius 2 is 1.63 bits per heavy atom. The van der Waals surface area contributed by atoms with Gasteiger partial charge >= 0.3 is 12.1 Å². The highest BCUT2D eigenvalue weighted by molar-refractivity contribution is 6.07. The first-order valence-electron chi connectivity index (χ1n) is 11.8. The Kier molecular flexibility index (Phi) is 7.44. The molecule has 0 radical (unpaired) electrons. The monoisotopic (exact) mass is 533 g/mol. The summed E-state index contributed by atoms with van der Waals surface area (Å²) in [7, 11) is 0. The van der Waals surface area contributed by atoms with Crippen molar-refractivity contribution in [3.8, 4) is 5.75 Å². The molecule has 5 nitrogen and oxygen atoms in total. The topological polar surface area (TPSA) is 75.6 Å². The second-order valence-corrected chi connectivity index (χ2v) is 9.35. The van der Waals surface area contributed by atoms with E-state index in [1.54, 1.807) is 26.0 Å². The summed E-state index contributed by atoms with van der Waals surface area (Å²) in [5, 5.41) is 11.5. The summed E-state index contributed by atoms with van der Waals surface area (Å²) in [6.07, 6.45) is -4.18. The number of halogens is 5. The van der Waals surface area contributed by atoms with E-state index in [1.807, 2.05) is 0 Å². The van der Waals surface area contributed by atoms with E-state index in [0.717, 1.165) is 12.1 Å². The van der Waals surface area contributed by atoms with Gasteiger partial charge in [0, 0.05) is 18.1 Å². The molecule has 0 aliphatic heterocycles. The SMILES string of the molecule is Cc1cc(OCCc2cc(F)cc(F)c2)cc(C)c1C(=O)Nc1cc([C@H]2C[C@H]2C(=O)O)ccc1C(F)(F)F. The molecule has 38 heavy (non-hydrogen) atoms. The number of aliphatic carboxylic acids is 1. The van der Waals surface area contributed by atoms with E-state index in [1.165, 1.54) is 24.3 Å². The lowest BCUT2D eigenvalue weighted by atomic mass is 10.00. The first kappa shape index (κ1) is 27.1. The predicted molar refractivity (Wildman–Crippen MR) is 129 cm³/mol. The van der Waals surface area contributed by atoms with E-state index in [9.17, 15) is 31.5 Å². The predicted octanol–water partition coefficient (Wildman–Crippen LogP) is 6.66. The summed E-state index contributed by atoms with van der Waals surface area (Å²) < 4.78 is 73.3. The van der Waals surface area contributed by atoms with Crippen molar-refractivity contribution in [2.45, 2.75) is 38.8 Å². The van der Waals surface area contributed by atoms with Gasteiger partial charge in [-0.2, -0.15) is 13.2 Å². The molecule has 1 aliphatic carbocycles. The number of hydrogen-bond donors (Lipinski definition) is 2. The van der Waals surface area contributed by atoms with Crippen LogP contribution >= 0.6 is 0 Å². The Morgan fingerprint density at radius 1 is 1.00 bits per heavy atom. The van der Waals surface area contributed by atoms with Crippen LogP contribution in [0.1, 0.15) is 50.5 Å². The van der Waals surface area contributed by atoms with Crippen LogP contribution in [0.3, 0.4) is 0 Å². The van der Waals surface area contributed by atoms with Gasteiger partial charge in [0.15, 0.2) is 0 Å². The van der Waals surface area contributed by atoms with Gasteiger partial charge in [-0.05, 0) is 84.8 Å². The van der Waals surface area contributed by atoms with E-state index < -0.39 is 52.8 Å². The van der Waals surface area contributed by atoms with E-state index in [4.69, 9.17) is 9.84 Å². The van der Waals surface area contributed by atoms with Crippen LogP contribution in [-0.2, 0) is 17.4 Å². The Bertz CT molecular complexity index is 1360. The molecule has 2 atom stereocenters. The van der Waals surface area contributed by atoms with Gasteiger partial charge in [-0.1, -0.05) is 6.07 Å². The molecule has 0 spiro atoms. The van der Waals surface area contributed by atoms with Crippen molar-refractivity contribution >= 4 is 17.6 Å². The lowest BCUT2D eigenvalue weighted by Gasteiger charge is -2.17. The highest BCUT2D eigenvalue weighted by atomic mass is 19.4. The minimum absolute atomic E-state index is 0.105. The number of rotatable bonds is 8. The van der Waals surface area contributed by atoms with Gasteiger partial charge < -0.3 is 15.2 Å². The van der Waals surface area contributed by atoms with Gasteiger partial charge in [-0.3, -0.25) is 9.59 Å². The van der Waals surface area contributed by atoms with Crippen LogP contribution in [0, 0.1) is 31.4 Å². The number of anilines is 1. The van der Waals surface area contributed by atoms with Crippen LogP contribution < -0.4 is 10.1 Å². The molecule has 1 aliphatic rings. The van der Waals surface area contributed by atoms with Gasteiger partial charge in [0.2, 0.25) is 0 Å². The van der Waals surface area contributed by atoms with Crippen molar-refractivity contribution in [3.63, 3.8) is 0 Å². The van der Waals surface area contributed by atoms with E-state index in [2.05, 4.69) is 5.32 Å². The van der Waals surface area contributed by atoms with Gasteiger partial charge in [-0.15, -0.1) is 0 Å². The number of nitrogens with one attached hydrogen (secondary N) is 1. The van der Waals surface area contributed by atoms with Crippen molar-refractivity contribution in [1.29, 1.82) is 0 Å². The summed E-state index contributed by atoms with van der Waals surface area (Å²) in [5.74, 6) is -3.84. The molecule has 0 saturated heterocycles. The van der Waals surface area contributed by atoms with Crippen LogP contribution in [0.4, 0.5) is 27.6 Å². The number of carboxylic acids is 1. The van der Waals surface area contributed by atoms with E-state index in [0.29, 0.717) is 34.4 Å². The average molecular weight is 533 g/mol. The second-order valence-electron chi connectivity index (χ2n) is 9.35. The Balaban J connectivity index is 1.51. The minimum atomic E-state index is -4.73. The second kappa shape index (κ2) is 10.4. The van der Waals surface area contributed by atoms with Crippen LogP contribution in [0.15, 0.2) is 48.5 Å². The summed E-state index contributed by atoms with van der Waals surface area (Å²) >= 11 is 0. The first-order valence-corrected chi connectivity index (χ1v) is 11.8. The first-order chi connectivity index (χ1) is 17.8. The summed E-state index contributed by atoms with van der Waals surface area (Å²) in [6.45, 7) is 3.33. The number of carbonyl (C=O) groups is 2. The fraction of sp³-hybridized carbons (Fsp3) is 0.286. The number of hydrogen-bond acceptors (Lipinski definition) is 3. The van der Waals surface area contributed by atoms with Crippen molar-refractivity contribution in [2.24, 2.45) is 5.92 Å². The summed E-state index contributed by atoms with van der Waals surface area (Å²) in [4.78, 5) is 24.3. The molecular formula is C28H24F5NO4. The van der Waals surface area contributed by atoms with Crippen LogP contribution in [0.2, 0.25) is 0 Å². The third-order valence-electron chi connectivity index (χ3n) is 6.45. The maximum atomic E-state index is 13.6. The highest BCUT2D eigenvalue weighted by Gasteiger charge is 2.45. The maximum Gasteiger partial charge on any atom is 0.418 e. The molecule has 1 fully saturated rings. The smallest absolute Gasteiger partial charge is 0.418 e. The molecule has 200 valence electrons. The minimum Gasteiger partial charge on any atom is -0.493 e. The van der Waals surface area contributed by atoms with Crippen LogP contribution in [0.25, 0.3) is 0 Å². The van der Waals surface area contributed by atoms with Crippen molar-refractivity contribution in [3.05, 3.63) is 93.5 Å². The van der Waals surface area contributed by atoms with Crippen molar-refractivity contribution in [1.82, 2.24) is 0 Å². The molecule has 2 N–H and O–H groups in total. The zero-order valence-corrected chi connectivity index (χ0v) is 20.5. The summed E-state index contributed by atoms with van der Waals surface area (Å²) in [5.41, 5.74) is 0.410. The molecule has 3 aromatic carbocycles. The Morgan fingerprint density at radius 3 is 2.18 bits per heavy atom. The number of carboxylic acid groups (broad SMARTS) is 1. The Hall–Kier alpha value is -3.95. The van der Waals surface area contributed by atoms with Crippen molar-refractivity contribution < 1.29 is 41.4 Å². The molecule has 0 heterocycles. The number of carbonyl (C=O) groups excluding carboxylic acids is 1. The molecule has 0 bridgehead atoms. The van der Waals surface area contributed by atoms with Gasteiger partial charge in [0.05, 0.1) is 23.8 Å². The lowest BCUT2D eigenvalue weighted by Crippen LogP contribution is -2.19. The van der Waals surface area contributed by atoms with Gasteiger partial charge in [0.25, 0.3) is 5.91 Å². The molecule has 0 unspecified atom stereocenters. The molecule has 0 aromatic heterocycles. The quantitative estimate of drug-likeness (QED) is 0.318.